The molecule has 1 saturated heterocycles. The van der Waals surface area contributed by atoms with Crippen LogP contribution in [0.15, 0.2) is 42.7 Å². The summed E-state index contributed by atoms with van der Waals surface area (Å²) in [5.41, 5.74) is 6.68. The minimum Gasteiger partial charge on any atom is -0.474 e. The van der Waals surface area contributed by atoms with Crippen molar-refractivity contribution in [2.45, 2.75) is 39.3 Å². The van der Waals surface area contributed by atoms with E-state index in [0.29, 0.717) is 11.4 Å². The molecule has 2 aromatic rings. The van der Waals surface area contributed by atoms with Gasteiger partial charge in [-0.3, -0.25) is 14.7 Å². The van der Waals surface area contributed by atoms with Gasteiger partial charge in [0, 0.05) is 38.1 Å². The van der Waals surface area contributed by atoms with E-state index in [-0.39, 0.29) is 6.10 Å². The molecule has 3 heterocycles. The van der Waals surface area contributed by atoms with E-state index >= 15 is 0 Å². The first-order valence-corrected chi connectivity index (χ1v) is 8.75. The Hall–Kier alpha value is -2.47. The van der Waals surface area contributed by atoms with Gasteiger partial charge in [-0.25, -0.2) is 4.98 Å². The number of ether oxygens (including phenoxy) is 1. The van der Waals surface area contributed by atoms with Crippen LogP contribution in [0.4, 0.5) is 0 Å². The van der Waals surface area contributed by atoms with Gasteiger partial charge in [-0.1, -0.05) is 19.9 Å². The second-order valence-electron chi connectivity index (χ2n) is 5.66. The molecule has 0 bridgehead atoms. The van der Waals surface area contributed by atoms with Crippen LogP contribution in [-0.4, -0.2) is 40.0 Å². The van der Waals surface area contributed by atoms with Crippen LogP contribution in [0.5, 0.6) is 5.88 Å². The Labute approximate surface area is 149 Å². The summed E-state index contributed by atoms with van der Waals surface area (Å²) >= 11 is 0. The van der Waals surface area contributed by atoms with Gasteiger partial charge in [0.2, 0.25) is 11.8 Å². The van der Waals surface area contributed by atoms with Crippen LogP contribution in [0.1, 0.15) is 42.7 Å². The molecule has 134 valence electrons. The summed E-state index contributed by atoms with van der Waals surface area (Å²) in [4.78, 5) is 21.9. The van der Waals surface area contributed by atoms with Gasteiger partial charge in [-0.15, -0.1) is 0 Å². The number of carbonyl (C=O) groups is 1. The van der Waals surface area contributed by atoms with Crippen molar-refractivity contribution in [1.29, 1.82) is 0 Å². The largest absolute Gasteiger partial charge is 0.474 e. The third-order valence-electron chi connectivity index (χ3n) is 3.95. The van der Waals surface area contributed by atoms with Crippen LogP contribution in [0.25, 0.3) is 0 Å². The van der Waals surface area contributed by atoms with Gasteiger partial charge in [-0.2, -0.15) is 0 Å². The van der Waals surface area contributed by atoms with E-state index in [0.717, 1.165) is 38.2 Å². The molecule has 0 saturated carbocycles. The molecule has 0 spiro atoms. The fourth-order valence-corrected chi connectivity index (χ4v) is 2.67. The Morgan fingerprint density at radius 3 is 2.52 bits per heavy atom. The van der Waals surface area contributed by atoms with Crippen LogP contribution >= 0.6 is 0 Å². The molecular formula is C19H26N4O2. The molecule has 0 radical (unpaired) electrons. The Morgan fingerprint density at radius 1 is 1.20 bits per heavy atom. The number of hydrogen-bond donors (Lipinski definition) is 1. The minimum atomic E-state index is -0.480. The Kier molecular flexibility index (Phi) is 7.35. The molecule has 0 atom stereocenters. The summed E-state index contributed by atoms with van der Waals surface area (Å²) in [7, 11) is 0. The first kappa shape index (κ1) is 18.9. The third kappa shape index (κ3) is 5.83. The van der Waals surface area contributed by atoms with Gasteiger partial charge in [0.05, 0.1) is 11.3 Å². The fraction of sp³-hybridized carbons (Fsp3) is 0.421. The van der Waals surface area contributed by atoms with E-state index in [1.165, 1.54) is 6.20 Å². The van der Waals surface area contributed by atoms with Crippen molar-refractivity contribution in [3.8, 4) is 5.88 Å². The van der Waals surface area contributed by atoms with Gasteiger partial charge in [0.1, 0.15) is 6.10 Å². The van der Waals surface area contributed by atoms with E-state index in [1.54, 1.807) is 12.1 Å². The zero-order valence-electron chi connectivity index (χ0n) is 14.9. The average molecular weight is 342 g/mol. The molecule has 1 aliphatic heterocycles. The lowest BCUT2D eigenvalue weighted by atomic mass is 10.1. The highest BCUT2D eigenvalue weighted by molar-refractivity contribution is 5.92. The van der Waals surface area contributed by atoms with Crippen LogP contribution in [0, 0.1) is 0 Å². The monoisotopic (exact) mass is 342 g/mol. The highest BCUT2D eigenvalue weighted by Crippen LogP contribution is 2.18. The maximum Gasteiger partial charge on any atom is 0.250 e. The second kappa shape index (κ2) is 9.74. The summed E-state index contributed by atoms with van der Waals surface area (Å²) in [6.45, 7) is 6.82. The predicted octanol–water partition coefficient (Wildman–Crippen LogP) is 2.65. The van der Waals surface area contributed by atoms with Crippen LogP contribution in [-0.2, 0) is 6.54 Å². The molecule has 0 unspecified atom stereocenters. The summed E-state index contributed by atoms with van der Waals surface area (Å²) < 4.78 is 5.88. The van der Waals surface area contributed by atoms with E-state index in [4.69, 9.17) is 10.5 Å². The van der Waals surface area contributed by atoms with E-state index in [1.807, 2.05) is 38.2 Å². The number of nitrogens with two attached hydrogens (primary N) is 1. The number of hydrogen-bond acceptors (Lipinski definition) is 5. The van der Waals surface area contributed by atoms with Crippen LogP contribution < -0.4 is 10.5 Å². The summed E-state index contributed by atoms with van der Waals surface area (Å²) in [5, 5.41) is 0. The number of carbonyl (C=O) groups excluding carboxylic acids is 1. The molecule has 2 N–H and O–H groups in total. The zero-order chi connectivity index (χ0) is 18.1. The molecule has 0 aromatic carbocycles. The number of amides is 1. The number of rotatable bonds is 5. The van der Waals surface area contributed by atoms with Crippen LogP contribution in [0.3, 0.4) is 0 Å². The zero-order valence-corrected chi connectivity index (χ0v) is 14.9. The molecule has 6 nitrogen and oxygen atoms in total. The average Bonchev–Trinajstić information content (AvgIpc) is 2.66. The van der Waals surface area contributed by atoms with Crippen molar-refractivity contribution in [3.63, 3.8) is 0 Å². The fourth-order valence-electron chi connectivity index (χ4n) is 2.67. The molecule has 2 aromatic heterocycles. The predicted molar refractivity (Wildman–Crippen MR) is 97.3 cm³/mol. The number of likely N-dealkylation sites (tertiary alicyclic amines) is 1. The van der Waals surface area contributed by atoms with Crippen molar-refractivity contribution in [2.75, 3.05) is 13.1 Å². The van der Waals surface area contributed by atoms with Crippen molar-refractivity contribution >= 4 is 5.91 Å². The Morgan fingerprint density at radius 2 is 1.96 bits per heavy atom. The third-order valence-corrected chi connectivity index (χ3v) is 3.95. The summed E-state index contributed by atoms with van der Waals surface area (Å²) in [5.74, 6) is 0.0602. The molecule has 1 amide bonds. The molecular weight excluding hydrogens is 316 g/mol. The first-order chi connectivity index (χ1) is 12.2. The van der Waals surface area contributed by atoms with Crippen molar-refractivity contribution in [1.82, 2.24) is 14.9 Å². The quantitative estimate of drug-likeness (QED) is 0.903. The summed E-state index contributed by atoms with van der Waals surface area (Å²) in [6.07, 6.45) is 5.33. The molecule has 25 heavy (non-hydrogen) atoms. The first-order valence-electron chi connectivity index (χ1n) is 8.75. The van der Waals surface area contributed by atoms with Crippen LogP contribution in [0.2, 0.25) is 0 Å². The lowest BCUT2D eigenvalue weighted by Crippen LogP contribution is -2.38. The highest BCUT2D eigenvalue weighted by atomic mass is 16.5. The van der Waals surface area contributed by atoms with Gasteiger partial charge in [0.15, 0.2) is 0 Å². The standard InChI is InChI=1S/C17H20N4O2.C2H6/c18-17(22)13-4-5-16(20-11-13)23-15-6-9-21(10-7-15)12-14-3-1-2-8-19-14;1-2/h1-5,8,11,15H,6-7,9-10,12H2,(H2,18,22);1-2H3. The Bertz CT molecular complexity index is 638. The summed E-state index contributed by atoms with van der Waals surface area (Å²) in [6, 6.07) is 9.33. The van der Waals surface area contributed by atoms with Gasteiger partial charge in [0.25, 0.3) is 0 Å². The second-order valence-corrected chi connectivity index (χ2v) is 5.66. The van der Waals surface area contributed by atoms with Gasteiger partial charge in [-0.05, 0) is 31.0 Å². The van der Waals surface area contributed by atoms with Crippen molar-refractivity contribution in [3.05, 3.63) is 54.0 Å². The number of nitrogens with zero attached hydrogens (tertiary/aromatic N) is 3. The molecule has 0 aliphatic carbocycles. The van der Waals surface area contributed by atoms with Crippen molar-refractivity contribution < 1.29 is 9.53 Å². The maximum absolute atomic E-state index is 11.0. The number of primary amides is 1. The van der Waals surface area contributed by atoms with E-state index in [9.17, 15) is 4.79 Å². The highest BCUT2D eigenvalue weighted by Gasteiger charge is 2.21. The molecule has 1 aliphatic rings. The molecule has 1 fully saturated rings. The van der Waals surface area contributed by atoms with E-state index in [2.05, 4.69) is 14.9 Å². The minimum absolute atomic E-state index is 0.155. The lowest BCUT2D eigenvalue weighted by Gasteiger charge is -2.31. The molecule has 6 heteroatoms. The number of piperidine rings is 1. The van der Waals surface area contributed by atoms with Gasteiger partial charge < -0.3 is 10.5 Å². The van der Waals surface area contributed by atoms with Gasteiger partial charge >= 0.3 is 0 Å². The SMILES string of the molecule is CC.NC(=O)c1ccc(OC2CCN(Cc3ccccn3)CC2)nc1. The number of pyridine rings is 2. The lowest BCUT2D eigenvalue weighted by molar-refractivity contribution is 0.0924. The topological polar surface area (TPSA) is 81.3 Å². The maximum atomic E-state index is 11.0. The Balaban J connectivity index is 0.00000109. The normalized spacial score (nSPS) is 15.1. The smallest absolute Gasteiger partial charge is 0.250 e. The van der Waals surface area contributed by atoms with E-state index < -0.39 is 5.91 Å². The van der Waals surface area contributed by atoms with Crippen molar-refractivity contribution in [2.24, 2.45) is 5.73 Å². The number of aromatic nitrogens is 2. The molecule has 3 rings (SSSR count).